The van der Waals surface area contributed by atoms with E-state index in [0.29, 0.717) is 23.9 Å². The molecule has 5 nitrogen and oxygen atoms in total. The number of aromatic carboxylic acids is 1. The van der Waals surface area contributed by atoms with Gasteiger partial charge >= 0.3 is 5.97 Å². The van der Waals surface area contributed by atoms with Crippen molar-refractivity contribution in [3.05, 3.63) is 17.7 Å². The van der Waals surface area contributed by atoms with Crippen LogP contribution in [0, 0.1) is 0 Å². The summed E-state index contributed by atoms with van der Waals surface area (Å²) in [5.74, 6) is 0.154. The maximum atomic E-state index is 11.0. The Bertz CT molecular complexity index is 403. The molecule has 1 rings (SSSR count). The summed E-state index contributed by atoms with van der Waals surface area (Å²) < 4.78 is 16.0. The molecular weight excluding hydrogens is 248 g/mol. The third-order valence-corrected chi connectivity index (χ3v) is 2.70. The first-order valence-electron chi connectivity index (χ1n) is 6.26. The first-order chi connectivity index (χ1) is 9.13. The summed E-state index contributed by atoms with van der Waals surface area (Å²) in [4.78, 5) is 11.0. The molecule has 1 aromatic rings. The number of carboxylic acid groups (broad SMARTS) is 1. The molecule has 0 aliphatic heterocycles. The Morgan fingerprint density at radius 1 is 1.16 bits per heavy atom. The van der Waals surface area contributed by atoms with E-state index in [0.717, 1.165) is 19.3 Å². The molecule has 0 aliphatic rings. The summed E-state index contributed by atoms with van der Waals surface area (Å²) in [7, 11) is 2.94. The van der Waals surface area contributed by atoms with E-state index >= 15 is 0 Å². The minimum atomic E-state index is -1.03. The van der Waals surface area contributed by atoms with Gasteiger partial charge in [-0.25, -0.2) is 4.79 Å². The maximum Gasteiger partial charge on any atom is 0.335 e. The van der Waals surface area contributed by atoms with Crippen molar-refractivity contribution in [3.63, 3.8) is 0 Å². The number of ether oxygens (including phenoxy) is 3. The van der Waals surface area contributed by atoms with E-state index in [9.17, 15) is 4.79 Å². The van der Waals surface area contributed by atoms with E-state index in [4.69, 9.17) is 19.3 Å². The van der Waals surface area contributed by atoms with Crippen molar-refractivity contribution in [2.24, 2.45) is 0 Å². The van der Waals surface area contributed by atoms with Crippen LogP contribution >= 0.6 is 0 Å². The lowest BCUT2D eigenvalue weighted by Gasteiger charge is -2.15. The Hall–Kier alpha value is -1.91. The highest BCUT2D eigenvalue weighted by Crippen LogP contribution is 2.38. The second-order valence-electron chi connectivity index (χ2n) is 4.07. The molecule has 0 amide bonds. The Labute approximate surface area is 113 Å². The van der Waals surface area contributed by atoms with Gasteiger partial charge in [0.15, 0.2) is 11.5 Å². The molecule has 106 valence electrons. The lowest BCUT2D eigenvalue weighted by Crippen LogP contribution is -2.04. The molecule has 5 heteroatoms. The Morgan fingerprint density at radius 2 is 1.74 bits per heavy atom. The Balaban J connectivity index is 2.96. The maximum absolute atomic E-state index is 11.0. The number of benzene rings is 1. The Morgan fingerprint density at radius 3 is 2.16 bits per heavy atom. The lowest BCUT2D eigenvalue weighted by atomic mass is 10.2. The normalized spacial score (nSPS) is 10.1. The van der Waals surface area contributed by atoms with Gasteiger partial charge in [0, 0.05) is 0 Å². The van der Waals surface area contributed by atoms with Gasteiger partial charge in [-0.15, -0.1) is 0 Å². The first-order valence-corrected chi connectivity index (χ1v) is 6.26. The minimum absolute atomic E-state index is 0.106. The van der Waals surface area contributed by atoms with Crippen molar-refractivity contribution < 1.29 is 24.1 Å². The van der Waals surface area contributed by atoms with Crippen LogP contribution in [0.25, 0.3) is 0 Å². The van der Waals surface area contributed by atoms with Crippen molar-refractivity contribution in [1.82, 2.24) is 0 Å². The molecule has 0 saturated carbocycles. The van der Waals surface area contributed by atoms with E-state index in [1.54, 1.807) is 0 Å². The summed E-state index contributed by atoms with van der Waals surface area (Å²) in [5, 5.41) is 9.01. The molecule has 1 aromatic carbocycles. The monoisotopic (exact) mass is 268 g/mol. The van der Waals surface area contributed by atoms with Crippen LogP contribution < -0.4 is 14.2 Å². The van der Waals surface area contributed by atoms with Gasteiger partial charge in [-0.1, -0.05) is 19.8 Å². The van der Waals surface area contributed by atoms with Crippen molar-refractivity contribution in [2.75, 3.05) is 20.8 Å². The molecule has 0 saturated heterocycles. The molecule has 0 aromatic heterocycles. The second-order valence-corrected chi connectivity index (χ2v) is 4.07. The molecular formula is C14H20O5. The summed E-state index contributed by atoms with van der Waals surface area (Å²) >= 11 is 0. The third-order valence-electron chi connectivity index (χ3n) is 2.70. The highest BCUT2D eigenvalue weighted by Gasteiger charge is 2.16. The van der Waals surface area contributed by atoms with Gasteiger partial charge in [-0.3, -0.25) is 0 Å². The molecule has 0 atom stereocenters. The predicted molar refractivity (Wildman–Crippen MR) is 71.5 cm³/mol. The van der Waals surface area contributed by atoms with Crippen LogP contribution in [0.5, 0.6) is 17.2 Å². The predicted octanol–water partition coefficient (Wildman–Crippen LogP) is 2.97. The largest absolute Gasteiger partial charge is 0.493 e. The van der Waals surface area contributed by atoms with Crippen molar-refractivity contribution in [3.8, 4) is 17.2 Å². The zero-order valence-electron chi connectivity index (χ0n) is 11.6. The number of carbonyl (C=O) groups is 1. The van der Waals surface area contributed by atoms with E-state index in [2.05, 4.69) is 6.92 Å². The molecule has 0 radical (unpaired) electrons. The average Bonchev–Trinajstić information content (AvgIpc) is 2.42. The quantitative estimate of drug-likeness (QED) is 0.734. The second kappa shape index (κ2) is 7.51. The van der Waals surface area contributed by atoms with Gasteiger partial charge in [0.2, 0.25) is 5.75 Å². The van der Waals surface area contributed by atoms with E-state index < -0.39 is 5.97 Å². The topological polar surface area (TPSA) is 65.0 Å². The standard InChI is InChI=1S/C14H20O5/c1-4-5-6-7-19-13-11(17-2)8-10(14(15)16)9-12(13)18-3/h8-9H,4-7H2,1-3H3,(H,15,16). The minimum Gasteiger partial charge on any atom is -0.493 e. The van der Waals surface area contributed by atoms with Crippen LogP contribution in [-0.4, -0.2) is 31.9 Å². The molecule has 1 N–H and O–H groups in total. The van der Waals surface area contributed by atoms with Gasteiger partial charge in [-0.2, -0.15) is 0 Å². The van der Waals surface area contributed by atoms with E-state index in [1.807, 2.05) is 0 Å². The molecule has 0 fully saturated rings. The van der Waals surface area contributed by atoms with Crippen LogP contribution in [0.3, 0.4) is 0 Å². The fraction of sp³-hybridized carbons (Fsp3) is 0.500. The van der Waals surface area contributed by atoms with Gasteiger partial charge < -0.3 is 19.3 Å². The molecule has 0 heterocycles. The van der Waals surface area contributed by atoms with Crippen molar-refractivity contribution in [2.45, 2.75) is 26.2 Å². The number of rotatable bonds is 8. The van der Waals surface area contributed by atoms with Crippen molar-refractivity contribution in [1.29, 1.82) is 0 Å². The smallest absolute Gasteiger partial charge is 0.335 e. The number of hydrogen-bond acceptors (Lipinski definition) is 4. The van der Waals surface area contributed by atoms with Crippen LogP contribution in [0.4, 0.5) is 0 Å². The fourth-order valence-corrected chi connectivity index (χ4v) is 1.67. The molecule has 0 aliphatic carbocycles. The summed E-state index contributed by atoms with van der Waals surface area (Å²) in [5.41, 5.74) is 0.106. The zero-order chi connectivity index (χ0) is 14.3. The fourth-order valence-electron chi connectivity index (χ4n) is 1.67. The average molecular weight is 268 g/mol. The van der Waals surface area contributed by atoms with Crippen LogP contribution in [0.2, 0.25) is 0 Å². The SMILES string of the molecule is CCCCCOc1c(OC)cc(C(=O)O)cc1OC. The van der Waals surface area contributed by atoms with Crippen LogP contribution in [0.1, 0.15) is 36.5 Å². The summed E-state index contributed by atoms with van der Waals surface area (Å²) in [6.07, 6.45) is 3.12. The van der Waals surface area contributed by atoms with Crippen LogP contribution in [-0.2, 0) is 0 Å². The van der Waals surface area contributed by atoms with Gasteiger partial charge in [0.1, 0.15) is 0 Å². The zero-order valence-corrected chi connectivity index (χ0v) is 11.6. The number of carboxylic acids is 1. The molecule has 0 spiro atoms. The number of methoxy groups -OCH3 is 2. The van der Waals surface area contributed by atoms with E-state index in [-0.39, 0.29) is 5.56 Å². The number of unbranched alkanes of at least 4 members (excludes halogenated alkanes) is 2. The van der Waals surface area contributed by atoms with Gasteiger partial charge in [0.25, 0.3) is 0 Å². The van der Waals surface area contributed by atoms with Gasteiger partial charge in [0.05, 0.1) is 26.4 Å². The summed E-state index contributed by atoms with van der Waals surface area (Å²) in [6.45, 7) is 2.66. The first kappa shape index (κ1) is 15.1. The number of hydrogen-bond donors (Lipinski definition) is 1. The Kier molecular flexibility index (Phi) is 5.99. The van der Waals surface area contributed by atoms with Crippen molar-refractivity contribution >= 4 is 5.97 Å². The lowest BCUT2D eigenvalue weighted by molar-refractivity contribution is 0.0696. The van der Waals surface area contributed by atoms with E-state index in [1.165, 1.54) is 26.4 Å². The molecule has 0 bridgehead atoms. The summed E-state index contributed by atoms with van der Waals surface area (Å²) in [6, 6.07) is 2.86. The third kappa shape index (κ3) is 4.05. The highest BCUT2D eigenvalue weighted by atomic mass is 16.5. The van der Waals surface area contributed by atoms with Crippen LogP contribution in [0.15, 0.2) is 12.1 Å². The highest BCUT2D eigenvalue weighted by molar-refractivity contribution is 5.89. The van der Waals surface area contributed by atoms with Gasteiger partial charge in [-0.05, 0) is 18.6 Å². The molecule has 19 heavy (non-hydrogen) atoms. The molecule has 0 unspecified atom stereocenters.